The lowest BCUT2D eigenvalue weighted by Gasteiger charge is -2.39. The predicted molar refractivity (Wildman–Crippen MR) is 111 cm³/mol. The van der Waals surface area contributed by atoms with Crippen LogP contribution in [0, 0.1) is 5.82 Å². The van der Waals surface area contributed by atoms with Gasteiger partial charge in [0, 0.05) is 49.7 Å². The zero-order valence-electron chi connectivity index (χ0n) is 17.3. The minimum Gasteiger partial charge on any atom is -0.445 e. The van der Waals surface area contributed by atoms with Gasteiger partial charge >= 0.3 is 6.09 Å². The maximum Gasteiger partial charge on any atom is 0.407 e. The Hall–Kier alpha value is -2.74. The number of rotatable bonds is 8. The lowest BCUT2D eigenvalue weighted by Crippen LogP contribution is -2.53. The summed E-state index contributed by atoms with van der Waals surface area (Å²) in [6.07, 6.45) is 8.47. The highest BCUT2D eigenvalue weighted by atomic mass is 19.1. The average Bonchev–Trinajstić information content (AvgIpc) is 2.89. The highest BCUT2D eigenvalue weighted by molar-refractivity contribution is 5.79. The maximum atomic E-state index is 15.1. The molecule has 0 atom stereocenters. The first-order valence-corrected chi connectivity index (χ1v) is 10.2. The number of hydrogen-bond donors (Lipinski definition) is 1. The van der Waals surface area contributed by atoms with E-state index in [2.05, 4.69) is 17.2 Å². The second kappa shape index (κ2) is 10.3. The number of halogens is 2. The first kappa shape index (κ1) is 22.0. The summed E-state index contributed by atoms with van der Waals surface area (Å²) in [6, 6.07) is 1.29. The summed E-state index contributed by atoms with van der Waals surface area (Å²) in [4.78, 5) is 17.3. The van der Waals surface area contributed by atoms with Crippen LogP contribution >= 0.6 is 0 Å². The molecule has 2 heterocycles. The number of carbonyl (C=O) groups is 1. The van der Waals surface area contributed by atoms with Gasteiger partial charge in [0.1, 0.15) is 12.4 Å². The average molecular weight is 419 g/mol. The molecule has 1 fully saturated rings. The molecule has 1 amide bonds. The molecule has 162 valence electrons. The molecule has 1 aliphatic carbocycles. The van der Waals surface area contributed by atoms with Crippen LogP contribution in [-0.4, -0.2) is 50.5 Å². The summed E-state index contributed by atoms with van der Waals surface area (Å²) >= 11 is 0. The van der Waals surface area contributed by atoms with E-state index < -0.39 is 17.7 Å². The summed E-state index contributed by atoms with van der Waals surface area (Å²) in [5, 5.41) is 2.31. The molecule has 0 aromatic carbocycles. The largest absolute Gasteiger partial charge is 0.445 e. The molecule has 1 aromatic rings. The number of anilines is 1. The second-order valence-electron chi connectivity index (χ2n) is 7.20. The Morgan fingerprint density at radius 3 is 2.87 bits per heavy atom. The lowest BCUT2D eigenvalue weighted by atomic mass is 10.0. The lowest BCUT2D eigenvalue weighted by molar-refractivity contribution is 0.0321. The van der Waals surface area contributed by atoms with Crippen molar-refractivity contribution in [2.45, 2.75) is 32.3 Å². The van der Waals surface area contributed by atoms with E-state index in [-0.39, 0.29) is 29.7 Å². The smallest absolute Gasteiger partial charge is 0.407 e. The molecule has 8 heteroatoms. The van der Waals surface area contributed by atoms with Gasteiger partial charge in [-0.05, 0) is 18.9 Å². The summed E-state index contributed by atoms with van der Waals surface area (Å²) in [7, 11) is 1.43. The van der Waals surface area contributed by atoms with E-state index in [0.717, 1.165) is 12.8 Å². The summed E-state index contributed by atoms with van der Waals surface area (Å²) < 4.78 is 40.4. The zero-order valence-corrected chi connectivity index (χ0v) is 17.3. The molecule has 0 saturated carbocycles. The van der Waals surface area contributed by atoms with Crippen LogP contribution in [0.2, 0.25) is 0 Å². The van der Waals surface area contributed by atoms with Crippen LogP contribution < -0.4 is 10.2 Å². The van der Waals surface area contributed by atoms with Gasteiger partial charge < -0.3 is 19.7 Å². The SMILES string of the molecule is CCCCOC1CN(c2ncc(C3=C(F)C(COC(=O)NC)=CCC=C3)cc2F)C1. The van der Waals surface area contributed by atoms with Crippen LogP contribution in [0.5, 0.6) is 0 Å². The van der Waals surface area contributed by atoms with E-state index in [9.17, 15) is 9.18 Å². The molecule has 3 rings (SSSR count). The number of amides is 1. The van der Waals surface area contributed by atoms with Crippen molar-refractivity contribution in [3.05, 3.63) is 53.3 Å². The molecule has 1 saturated heterocycles. The van der Waals surface area contributed by atoms with Crippen LogP contribution in [0.1, 0.15) is 31.7 Å². The van der Waals surface area contributed by atoms with E-state index in [1.165, 1.54) is 19.3 Å². The molecule has 0 spiro atoms. The van der Waals surface area contributed by atoms with Gasteiger partial charge in [-0.25, -0.2) is 18.6 Å². The Morgan fingerprint density at radius 2 is 2.17 bits per heavy atom. The first-order valence-electron chi connectivity index (χ1n) is 10.2. The van der Waals surface area contributed by atoms with E-state index in [0.29, 0.717) is 31.7 Å². The topological polar surface area (TPSA) is 63.7 Å². The molecule has 1 N–H and O–H groups in total. The number of hydrogen-bond acceptors (Lipinski definition) is 5. The second-order valence-corrected chi connectivity index (χ2v) is 7.20. The Kier molecular flexibility index (Phi) is 7.57. The summed E-state index contributed by atoms with van der Waals surface area (Å²) in [6.45, 7) is 3.79. The van der Waals surface area contributed by atoms with Crippen LogP contribution in [0.15, 0.2) is 41.9 Å². The van der Waals surface area contributed by atoms with Gasteiger partial charge in [0.15, 0.2) is 11.6 Å². The number of allylic oxidation sites excluding steroid dienone is 4. The van der Waals surface area contributed by atoms with E-state index >= 15 is 4.39 Å². The van der Waals surface area contributed by atoms with E-state index in [1.54, 1.807) is 18.2 Å². The van der Waals surface area contributed by atoms with Crippen LogP contribution in [0.4, 0.5) is 19.4 Å². The minimum atomic E-state index is -0.647. The monoisotopic (exact) mass is 419 g/mol. The fraction of sp³-hybridized carbons (Fsp3) is 0.455. The number of alkyl carbamates (subject to hydrolysis) is 1. The number of aromatic nitrogens is 1. The molecule has 0 bridgehead atoms. The fourth-order valence-corrected chi connectivity index (χ4v) is 3.21. The number of pyridine rings is 1. The van der Waals surface area contributed by atoms with Gasteiger partial charge in [-0.2, -0.15) is 0 Å². The van der Waals surface area contributed by atoms with Crippen molar-refractivity contribution in [2.24, 2.45) is 0 Å². The third-order valence-electron chi connectivity index (χ3n) is 5.00. The minimum absolute atomic E-state index is 0.0929. The number of unbranched alkanes of at least 4 members (excludes halogenated alkanes) is 1. The van der Waals surface area contributed by atoms with E-state index in [4.69, 9.17) is 9.47 Å². The summed E-state index contributed by atoms with van der Waals surface area (Å²) in [5.41, 5.74) is 0.772. The Bertz CT molecular complexity index is 861. The highest BCUT2D eigenvalue weighted by Gasteiger charge is 2.30. The van der Waals surface area contributed by atoms with Crippen molar-refractivity contribution in [2.75, 3.05) is 38.3 Å². The zero-order chi connectivity index (χ0) is 21.5. The van der Waals surface area contributed by atoms with Crippen molar-refractivity contribution in [1.82, 2.24) is 10.3 Å². The Labute approximate surface area is 175 Å². The first-order chi connectivity index (χ1) is 14.5. The van der Waals surface area contributed by atoms with E-state index in [1.807, 2.05) is 4.90 Å². The fourth-order valence-electron chi connectivity index (χ4n) is 3.21. The van der Waals surface area contributed by atoms with Crippen molar-refractivity contribution in [3.63, 3.8) is 0 Å². The highest BCUT2D eigenvalue weighted by Crippen LogP contribution is 2.31. The Balaban J connectivity index is 1.70. The molecule has 0 radical (unpaired) electrons. The van der Waals surface area contributed by atoms with Gasteiger partial charge in [-0.1, -0.05) is 31.6 Å². The standard InChI is InChI=1S/C22H27F2N3O3/c1-3-4-9-29-17-12-27(13-17)21-19(23)10-16(11-26-21)18-8-6-5-7-15(20(18)24)14-30-22(28)25-2/h6-8,10-11,17H,3-5,9,12-14H2,1-2H3,(H,25,28). The van der Waals surface area contributed by atoms with Crippen LogP contribution in [-0.2, 0) is 9.47 Å². The molecule has 1 aromatic heterocycles. The maximum absolute atomic E-state index is 15.1. The van der Waals surface area contributed by atoms with Crippen LogP contribution in [0.25, 0.3) is 5.57 Å². The van der Waals surface area contributed by atoms with Crippen molar-refractivity contribution in [1.29, 1.82) is 0 Å². The molecule has 30 heavy (non-hydrogen) atoms. The van der Waals surface area contributed by atoms with Gasteiger partial charge in [-0.15, -0.1) is 0 Å². The Morgan fingerprint density at radius 1 is 1.37 bits per heavy atom. The third kappa shape index (κ3) is 5.24. The number of nitrogens with zero attached hydrogens (tertiary/aromatic N) is 2. The van der Waals surface area contributed by atoms with Gasteiger partial charge in [-0.3, -0.25) is 0 Å². The molecule has 0 unspecified atom stereocenters. The van der Waals surface area contributed by atoms with Gasteiger partial charge in [0.2, 0.25) is 0 Å². The molecular formula is C22H27F2N3O3. The van der Waals surface area contributed by atoms with Crippen molar-refractivity contribution >= 4 is 17.5 Å². The molecule has 1 aliphatic heterocycles. The van der Waals surface area contributed by atoms with Crippen LogP contribution in [0.3, 0.4) is 0 Å². The molecule has 2 aliphatic rings. The van der Waals surface area contributed by atoms with Crippen molar-refractivity contribution in [3.8, 4) is 0 Å². The van der Waals surface area contributed by atoms with Gasteiger partial charge in [0.05, 0.1) is 6.10 Å². The summed E-state index contributed by atoms with van der Waals surface area (Å²) in [5.74, 6) is -0.828. The number of ether oxygens (including phenoxy) is 2. The third-order valence-corrected chi connectivity index (χ3v) is 5.00. The number of nitrogens with one attached hydrogen (secondary N) is 1. The molecule has 6 nitrogen and oxygen atoms in total. The predicted octanol–water partition coefficient (Wildman–Crippen LogP) is 4.15. The van der Waals surface area contributed by atoms with Gasteiger partial charge in [0.25, 0.3) is 0 Å². The normalized spacial score (nSPS) is 16.8. The molecular weight excluding hydrogens is 392 g/mol. The number of carbonyl (C=O) groups excluding carboxylic acids is 1. The van der Waals surface area contributed by atoms with Crippen molar-refractivity contribution < 1.29 is 23.0 Å². The quantitative estimate of drug-likeness (QED) is 0.642.